The quantitative estimate of drug-likeness (QED) is 0.362. The first-order chi connectivity index (χ1) is 20.0. The van der Waals surface area contributed by atoms with Gasteiger partial charge in [-0.3, -0.25) is 9.52 Å². The number of pyridine rings is 2. The predicted octanol–water partition coefficient (Wildman–Crippen LogP) is 4.58. The summed E-state index contributed by atoms with van der Waals surface area (Å²) in [5, 5.41) is 11.3. The van der Waals surface area contributed by atoms with E-state index >= 15 is 0 Å². The number of carbonyl (C=O) groups excluding carboxylic acids is 1. The van der Waals surface area contributed by atoms with E-state index in [-0.39, 0.29) is 49.2 Å². The second-order valence-corrected chi connectivity index (χ2v) is 12.5. The Bertz CT molecular complexity index is 1440. The molecule has 3 aliphatic heterocycles. The van der Waals surface area contributed by atoms with Gasteiger partial charge in [0.05, 0.1) is 17.6 Å². The number of aromatic nitrogens is 4. The van der Waals surface area contributed by atoms with Crippen molar-refractivity contribution in [3.63, 3.8) is 0 Å². The van der Waals surface area contributed by atoms with Gasteiger partial charge in [0.25, 0.3) is 5.91 Å². The van der Waals surface area contributed by atoms with Crippen molar-refractivity contribution >= 4 is 29.5 Å². The molecule has 1 saturated heterocycles. The highest BCUT2D eigenvalue weighted by atomic mass is 32.2. The maximum Gasteiger partial charge on any atom is 0.394 e. The summed E-state index contributed by atoms with van der Waals surface area (Å²) < 4.78 is 49.8. The van der Waals surface area contributed by atoms with Gasteiger partial charge in [0, 0.05) is 54.6 Å². The van der Waals surface area contributed by atoms with Gasteiger partial charge in [0.1, 0.15) is 11.6 Å². The fourth-order valence-corrected chi connectivity index (χ4v) is 6.13. The Kier molecular flexibility index (Phi) is 7.46. The van der Waals surface area contributed by atoms with Crippen molar-refractivity contribution in [2.45, 2.75) is 62.2 Å². The summed E-state index contributed by atoms with van der Waals surface area (Å²) in [5.74, 6) is 1.69. The van der Waals surface area contributed by atoms with Crippen LogP contribution >= 0.6 is 11.9 Å². The fourth-order valence-electron chi connectivity index (χ4n) is 5.57. The molecule has 3 N–H and O–H groups in total. The fraction of sp³-hybridized carbons (Fsp3) is 0.500. The maximum absolute atomic E-state index is 13.4. The van der Waals surface area contributed by atoms with Crippen LogP contribution < -0.4 is 25.0 Å². The second kappa shape index (κ2) is 11.0. The summed E-state index contributed by atoms with van der Waals surface area (Å²) >= 11 is 1.18. The van der Waals surface area contributed by atoms with Crippen LogP contribution in [0.5, 0.6) is 5.88 Å². The number of carbonyl (C=O) groups is 1. The molecule has 4 bridgehead atoms. The molecule has 1 unspecified atom stereocenters. The van der Waals surface area contributed by atoms with Gasteiger partial charge >= 0.3 is 6.18 Å². The third-order valence-corrected chi connectivity index (χ3v) is 8.95. The zero-order valence-electron chi connectivity index (χ0n) is 23.4. The van der Waals surface area contributed by atoms with E-state index in [9.17, 15) is 18.0 Å². The van der Waals surface area contributed by atoms with Crippen LogP contribution in [-0.2, 0) is 0 Å². The van der Waals surface area contributed by atoms with Gasteiger partial charge in [-0.2, -0.15) is 13.2 Å². The number of nitrogens with zero attached hydrogens (tertiary/aromatic N) is 5. The molecule has 3 aromatic heterocycles. The van der Waals surface area contributed by atoms with Crippen molar-refractivity contribution in [1.29, 1.82) is 0 Å². The monoisotopic (exact) mass is 602 g/mol. The zero-order valence-corrected chi connectivity index (χ0v) is 24.2. The minimum atomic E-state index is -4.21. The molecule has 1 saturated carbocycles. The predicted molar refractivity (Wildman–Crippen MR) is 153 cm³/mol. The van der Waals surface area contributed by atoms with E-state index in [1.807, 2.05) is 12.1 Å². The Balaban J connectivity index is 1.25. The number of alkyl halides is 3. The van der Waals surface area contributed by atoms with Crippen LogP contribution in [0.4, 0.5) is 24.8 Å². The van der Waals surface area contributed by atoms with Crippen molar-refractivity contribution in [2.24, 2.45) is 5.41 Å². The van der Waals surface area contributed by atoms with E-state index in [0.29, 0.717) is 30.3 Å². The summed E-state index contributed by atoms with van der Waals surface area (Å²) in [6.45, 7) is 6.29. The third-order valence-electron chi connectivity index (χ3n) is 8.19. The zero-order chi connectivity index (χ0) is 29.5. The Hall–Kier alpha value is -3.52. The molecule has 2 fully saturated rings. The summed E-state index contributed by atoms with van der Waals surface area (Å²) in [6, 6.07) is 8.97. The van der Waals surface area contributed by atoms with Gasteiger partial charge in [-0.25, -0.2) is 14.6 Å². The summed E-state index contributed by atoms with van der Waals surface area (Å²) in [7, 11) is 0. The number of halogens is 3. The second-order valence-electron chi connectivity index (χ2n) is 11.6. The van der Waals surface area contributed by atoms with E-state index < -0.39 is 11.6 Å². The van der Waals surface area contributed by atoms with E-state index in [0.717, 1.165) is 23.7 Å². The SMILES string of the molecule is CC1(C)CC2CN1c1nc(-n3ccc(OCCC4(C(F)(F)F)CC4)n3)ccc1C(=O)NSc1ccc(nc1)NCCN2. The van der Waals surface area contributed by atoms with Gasteiger partial charge in [-0.1, -0.05) is 0 Å². The smallest absolute Gasteiger partial charge is 0.394 e. The molecule has 42 heavy (non-hydrogen) atoms. The molecule has 7 rings (SSSR count). The molecule has 1 amide bonds. The van der Waals surface area contributed by atoms with Crippen LogP contribution in [-0.4, -0.2) is 69.7 Å². The Morgan fingerprint density at radius 3 is 2.71 bits per heavy atom. The standard InChI is InChI=1S/C28H33F3N8O2S/c1-26(2)15-18-17-38(26)24-20(25(40)37-42-19-3-5-21(34-16-19)33-12-11-32-18)4-6-22(35-24)39-13-7-23(36-39)41-14-10-27(8-9-27)28(29,30)31/h3-7,13,16,18,32H,8-12,14-15,17H2,1-2H3,(H,33,34)(H,37,40). The van der Waals surface area contributed by atoms with E-state index in [2.05, 4.69) is 44.2 Å². The number of amides is 1. The topological polar surface area (TPSA) is 109 Å². The molecule has 1 atom stereocenters. The number of fused-ring (bicyclic) bond motifs is 7. The summed E-state index contributed by atoms with van der Waals surface area (Å²) in [6.07, 6.45) is 0.175. The molecule has 3 aromatic rings. The highest BCUT2D eigenvalue weighted by molar-refractivity contribution is 7.98. The Morgan fingerprint density at radius 2 is 1.98 bits per heavy atom. The number of anilines is 2. The highest BCUT2D eigenvalue weighted by Gasteiger charge is 2.62. The van der Waals surface area contributed by atoms with Gasteiger partial charge in [-0.05, 0) is 75.7 Å². The molecule has 0 spiro atoms. The molecule has 4 aliphatic rings. The number of ether oxygens (including phenoxy) is 1. The molecule has 1 aliphatic carbocycles. The lowest BCUT2D eigenvalue weighted by Gasteiger charge is -2.33. The lowest BCUT2D eigenvalue weighted by atomic mass is 10.00. The number of hydrogen-bond acceptors (Lipinski definition) is 9. The molecule has 10 nitrogen and oxygen atoms in total. The number of hydrogen-bond donors (Lipinski definition) is 3. The van der Waals surface area contributed by atoms with Crippen molar-refractivity contribution in [2.75, 3.05) is 36.5 Å². The molecule has 14 heteroatoms. The molecule has 6 heterocycles. The molecule has 0 radical (unpaired) electrons. The van der Waals surface area contributed by atoms with Crippen LogP contribution in [0.25, 0.3) is 5.82 Å². The van der Waals surface area contributed by atoms with Crippen LogP contribution in [0, 0.1) is 5.41 Å². The van der Waals surface area contributed by atoms with E-state index in [1.165, 1.54) is 16.6 Å². The van der Waals surface area contributed by atoms with Crippen molar-refractivity contribution < 1.29 is 22.7 Å². The van der Waals surface area contributed by atoms with Crippen LogP contribution in [0.1, 0.15) is 49.9 Å². The largest absolute Gasteiger partial charge is 0.477 e. The third kappa shape index (κ3) is 5.87. The Morgan fingerprint density at radius 1 is 1.14 bits per heavy atom. The molecule has 224 valence electrons. The van der Waals surface area contributed by atoms with Gasteiger partial charge in [0.2, 0.25) is 5.88 Å². The van der Waals surface area contributed by atoms with Gasteiger partial charge in [-0.15, -0.1) is 5.10 Å². The molecular weight excluding hydrogens is 569 g/mol. The summed E-state index contributed by atoms with van der Waals surface area (Å²) in [5.41, 5.74) is -1.50. The Labute approximate surface area is 245 Å². The maximum atomic E-state index is 13.4. The number of nitrogens with one attached hydrogen (secondary N) is 3. The van der Waals surface area contributed by atoms with Crippen molar-refractivity contribution in [1.82, 2.24) is 29.8 Å². The molecule has 0 aromatic carbocycles. The first kappa shape index (κ1) is 28.6. The number of rotatable bonds is 5. The van der Waals surface area contributed by atoms with E-state index in [4.69, 9.17) is 9.72 Å². The minimum absolute atomic E-state index is 0.0733. The van der Waals surface area contributed by atoms with Gasteiger partial charge in [0.15, 0.2) is 5.82 Å². The minimum Gasteiger partial charge on any atom is -0.477 e. The van der Waals surface area contributed by atoms with Crippen LogP contribution in [0.2, 0.25) is 0 Å². The highest BCUT2D eigenvalue weighted by Crippen LogP contribution is 2.59. The van der Waals surface area contributed by atoms with Crippen molar-refractivity contribution in [3.8, 4) is 11.7 Å². The summed E-state index contributed by atoms with van der Waals surface area (Å²) in [4.78, 5) is 25.7. The average molecular weight is 603 g/mol. The lowest BCUT2D eigenvalue weighted by Crippen LogP contribution is -2.40. The van der Waals surface area contributed by atoms with Crippen molar-refractivity contribution in [3.05, 3.63) is 48.3 Å². The average Bonchev–Trinajstić information content (AvgIpc) is 3.50. The lowest BCUT2D eigenvalue weighted by molar-refractivity contribution is -0.190. The molecular formula is C28H33F3N8O2S. The first-order valence-corrected chi connectivity index (χ1v) is 14.8. The van der Waals surface area contributed by atoms with Crippen LogP contribution in [0.15, 0.2) is 47.6 Å². The van der Waals surface area contributed by atoms with Gasteiger partial charge < -0.3 is 20.3 Å². The first-order valence-electron chi connectivity index (χ1n) is 14.0. The normalized spacial score (nSPS) is 21.4. The van der Waals surface area contributed by atoms with E-state index in [1.54, 1.807) is 30.6 Å². The van der Waals surface area contributed by atoms with Crippen LogP contribution in [0.3, 0.4) is 0 Å².